The number of methoxy groups -OCH3 is 1. The van der Waals surface area contributed by atoms with Gasteiger partial charge in [0.15, 0.2) is 17.5 Å². The van der Waals surface area contributed by atoms with Crippen LogP contribution in [0.15, 0.2) is 18.3 Å². The molecule has 1 amide bonds. The molecule has 0 fully saturated rings. The number of nitrogens with zero attached hydrogens (tertiary/aromatic N) is 2. The van der Waals surface area contributed by atoms with E-state index >= 15 is 0 Å². The third-order valence-electron chi connectivity index (χ3n) is 4.91. The molecule has 0 aromatic carbocycles. The highest BCUT2D eigenvalue weighted by atomic mass is 19.1. The molecule has 2 heterocycles. The predicted octanol–water partition coefficient (Wildman–Crippen LogP) is 3.33. The summed E-state index contributed by atoms with van der Waals surface area (Å²) >= 11 is 0. The number of carbonyl (C=O) groups excluding carboxylic acids is 1. The predicted molar refractivity (Wildman–Crippen MR) is 123 cm³/mol. The van der Waals surface area contributed by atoms with Crippen molar-refractivity contribution in [3.63, 3.8) is 0 Å². The van der Waals surface area contributed by atoms with Gasteiger partial charge in [0.1, 0.15) is 12.4 Å². The number of halogens is 2. The average molecular weight is 467 g/mol. The van der Waals surface area contributed by atoms with Crippen LogP contribution in [-0.4, -0.2) is 48.3 Å². The number of amides is 1. The maximum absolute atomic E-state index is 14.7. The maximum Gasteiger partial charge on any atom is 0.252 e. The Bertz CT molecular complexity index is 929. The highest BCUT2D eigenvalue weighted by molar-refractivity contribution is 5.98. The Hall–Kier alpha value is -3.05. The van der Waals surface area contributed by atoms with Gasteiger partial charge in [-0.25, -0.2) is 18.7 Å². The molecule has 2 aromatic rings. The fraction of sp³-hybridized carbons (Fsp3) is 0.500. The number of anilines is 3. The van der Waals surface area contributed by atoms with Gasteiger partial charge in [0.25, 0.3) is 11.8 Å². The monoisotopic (exact) mass is 466 g/mol. The molecule has 0 aliphatic heterocycles. The van der Waals surface area contributed by atoms with Crippen LogP contribution in [0, 0.1) is 11.6 Å². The van der Waals surface area contributed by atoms with Crippen LogP contribution in [0.25, 0.3) is 0 Å². The lowest BCUT2D eigenvalue weighted by Crippen LogP contribution is -2.38. The number of carbonyl (C=O) groups is 1. The zero-order valence-electron chi connectivity index (χ0n) is 19.2. The minimum Gasteiger partial charge on any atom is -0.473 e. The number of unbranched alkanes of at least 4 members (excludes halogenated alkanes) is 2. The SMILES string of the molecule is CCCCC[C@@H](Nc1nc(Nc2cnc(OCCOC)c(F)c2)c(C(N)=O)cc1F)[C@H](C)N. The van der Waals surface area contributed by atoms with E-state index in [9.17, 15) is 13.6 Å². The van der Waals surface area contributed by atoms with E-state index in [1.54, 1.807) is 0 Å². The Morgan fingerprint density at radius 2 is 1.94 bits per heavy atom. The Balaban J connectivity index is 2.28. The van der Waals surface area contributed by atoms with Gasteiger partial charge in [-0.3, -0.25) is 4.79 Å². The summed E-state index contributed by atoms with van der Waals surface area (Å²) in [7, 11) is 1.50. The van der Waals surface area contributed by atoms with Crippen LogP contribution in [0.1, 0.15) is 49.9 Å². The van der Waals surface area contributed by atoms with E-state index in [2.05, 4.69) is 27.5 Å². The maximum atomic E-state index is 14.7. The summed E-state index contributed by atoms with van der Waals surface area (Å²) in [5.74, 6) is -2.71. The van der Waals surface area contributed by atoms with E-state index in [0.717, 1.165) is 37.8 Å². The number of ether oxygens (including phenoxy) is 2. The van der Waals surface area contributed by atoms with E-state index < -0.39 is 17.5 Å². The number of hydrogen-bond acceptors (Lipinski definition) is 8. The van der Waals surface area contributed by atoms with Crippen molar-refractivity contribution < 1.29 is 23.0 Å². The molecule has 0 saturated carbocycles. The minimum absolute atomic E-state index is 0.0439. The van der Waals surface area contributed by atoms with Crippen LogP contribution in [0.3, 0.4) is 0 Å². The normalized spacial score (nSPS) is 12.8. The zero-order valence-corrected chi connectivity index (χ0v) is 19.2. The first-order valence-corrected chi connectivity index (χ1v) is 10.8. The second-order valence-electron chi connectivity index (χ2n) is 7.66. The Kier molecular flexibility index (Phi) is 10.2. The van der Waals surface area contributed by atoms with Crippen molar-refractivity contribution in [2.45, 2.75) is 51.6 Å². The highest BCUT2D eigenvalue weighted by Gasteiger charge is 2.20. The number of nitrogens with one attached hydrogen (secondary N) is 2. The van der Waals surface area contributed by atoms with Crippen molar-refractivity contribution in [2.75, 3.05) is 31.0 Å². The minimum atomic E-state index is -0.893. The molecular formula is C22H32F2N6O3. The molecule has 0 aliphatic carbocycles. The molecule has 0 aliphatic rings. The van der Waals surface area contributed by atoms with E-state index in [4.69, 9.17) is 20.9 Å². The molecule has 6 N–H and O–H groups in total. The number of aromatic nitrogens is 2. The van der Waals surface area contributed by atoms with E-state index in [1.807, 2.05) is 6.92 Å². The lowest BCUT2D eigenvalue weighted by atomic mass is 10.0. The first-order chi connectivity index (χ1) is 15.8. The van der Waals surface area contributed by atoms with Gasteiger partial charge in [0.2, 0.25) is 0 Å². The summed E-state index contributed by atoms with van der Waals surface area (Å²) in [5, 5.41) is 5.80. The largest absolute Gasteiger partial charge is 0.473 e. The lowest BCUT2D eigenvalue weighted by molar-refractivity contribution is 0.100. The zero-order chi connectivity index (χ0) is 24.4. The molecule has 9 nitrogen and oxygen atoms in total. The second kappa shape index (κ2) is 12.9. The smallest absolute Gasteiger partial charge is 0.252 e. The summed E-state index contributed by atoms with van der Waals surface area (Å²) in [5.41, 5.74) is 11.4. The van der Waals surface area contributed by atoms with E-state index in [-0.39, 0.29) is 54.1 Å². The van der Waals surface area contributed by atoms with Crippen molar-refractivity contribution in [3.8, 4) is 5.88 Å². The van der Waals surface area contributed by atoms with Crippen LogP contribution in [0.5, 0.6) is 5.88 Å². The van der Waals surface area contributed by atoms with Crippen LogP contribution >= 0.6 is 0 Å². The second-order valence-corrected chi connectivity index (χ2v) is 7.66. The van der Waals surface area contributed by atoms with Crippen LogP contribution in [-0.2, 0) is 4.74 Å². The van der Waals surface area contributed by atoms with E-state index in [1.165, 1.54) is 13.3 Å². The Morgan fingerprint density at radius 3 is 2.55 bits per heavy atom. The fourth-order valence-electron chi connectivity index (χ4n) is 3.09. The van der Waals surface area contributed by atoms with Crippen LogP contribution < -0.4 is 26.8 Å². The number of pyridine rings is 2. The molecule has 2 atom stereocenters. The van der Waals surface area contributed by atoms with Crippen molar-refractivity contribution in [1.82, 2.24) is 9.97 Å². The molecule has 33 heavy (non-hydrogen) atoms. The van der Waals surface area contributed by atoms with Gasteiger partial charge < -0.3 is 31.6 Å². The summed E-state index contributed by atoms with van der Waals surface area (Å²) in [6.07, 6.45) is 5.01. The average Bonchev–Trinajstić information content (AvgIpc) is 2.76. The van der Waals surface area contributed by atoms with Crippen LogP contribution in [0.4, 0.5) is 26.1 Å². The third kappa shape index (κ3) is 7.79. The number of primary amides is 1. The standard InChI is InChI=1S/C22H32F2N6O3/c1-4-5-6-7-18(13(2)25)29-21-16(23)11-15(19(26)31)20(30-21)28-14-10-17(24)22(27-12-14)33-9-8-32-3/h10-13,18H,4-9,25H2,1-3H3,(H2,26,31)(H2,28,29,30)/t13-,18+/m0/s1. The van der Waals surface area contributed by atoms with Crippen LogP contribution in [0.2, 0.25) is 0 Å². The van der Waals surface area contributed by atoms with Crippen molar-refractivity contribution in [3.05, 3.63) is 35.5 Å². The first-order valence-electron chi connectivity index (χ1n) is 10.8. The Morgan fingerprint density at radius 1 is 1.18 bits per heavy atom. The number of hydrogen-bond donors (Lipinski definition) is 4. The quantitative estimate of drug-likeness (QED) is 0.311. The van der Waals surface area contributed by atoms with Gasteiger partial charge in [0.05, 0.1) is 24.1 Å². The van der Waals surface area contributed by atoms with Crippen molar-refractivity contribution >= 4 is 23.2 Å². The Labute approximate surface area is 192 Å². The van der Waals surface area contributed by atoms with Crippen molar-refractivity contribution in [2.24, 2.45) is 11.5 Å². The number of rotatable bonds is 14. The summed E-state index contributed by atoms with van der Waals surface area (Å²) < 4.78 is 39.1. The first kappa shape index (κ1) is 26.2. The number of nitrogens with two attached hydrogens (primary N) is 2. The molecule has 182 valence electrons. The molecule has 0 saturated heterocycles. The topological polar surface area (TPSA) is 137 Å². The molecule has 2 rings (SSSR count). The van der Waals surface area contributed by atoms with Gasteiger partial charge in [-0.05, 0) is 19.4 Å². The summed E-state index contributed by atoms with van der Waals surface area (Å²) in [6, 6.07) is 1.61. The van der Waals surface area contributed by atoms with Gasteiger partial charge >= 0.3 is 0 Å². The summed E-state index contributed by atoms with van der Waals surface area (Å²) in [4.78, 5) is 20.0. The lowest BCUT2D eigenvalue weighted by Gasteiger charge is -2.24. The van der Waals surface area contributed by atoms with E-state index in [0.29, 0.717) is 0 Å². The molecule has 2 aromatic heterocycles. The molecule has 0 spiro atoms. The molecular weight excluding hydrogens is 434 g/mol. The molecule has 0 bridgehead atoms. The third-order valence-corrected chi connectivity index (χ3v) is 4.91. The molecule has 0 unspecified atom stereocenters. The fourth-order valence-corrected chi connectivity index (χ4v) is 3.09. The molecule has 0 radical (unpaired) electrons. The van der Waals surface area contributed by atoms with Gasteiger partial charge in [-0.15, -0.1) is 0 Å². The molecule has 11 heteroatoms. The highest BCUT2D eigenvalue weighted by Crippen LogP contribution is 2.26. The van der Waals surface area contributed by atoms with Gasteiger partial charge in [0, 0.05) is 25.3 Å². The summed E-state index contributed by atoms with van der Waals surface area (Å²) in [6.45, 7) is 4.32. The van der Waals surface area contributed by atoms with Gasteiger partial charge in [-0.2, -0.15) is 0 Å². The van der Waals surface area contributed by atoms with Gasteiger partial charge in [-0.1, -0.05) is 26.2 Å². The van der Waals surface area contributed by atoms with Crippen molar-refractivity contribution in [1.29, 1.82) is 0 Å².